The van der Waals surface area contributed by atoms with Gasteiger partial charge < -0.3 is 5.11 Å². The number of hydrogen-bond donors (Lipinski definition) is 1. The van der Waals surface area contributed by atoms with Crippen LogP contribution in [0.25, 0.3) is 0 Å². The van der Waals surface area contributed by atoms with Crippen molar-refractivity contribution >= 4 is 11.6 Å². The zero-order chi connectivity index (χ0) is 10.1. The summed E-state index contributed by atoms with van der Waals surface area (Å²) in [5, 5.41) is 10.4. The van der Waals surface area contributed by atoms with Crippen molar-refractivity contribution in [3.63, 3.8) is 0 Å². The molecule has 0 amide bonds. The van der Waals surface area contributed by atoms with Gasteiger partial charge >= 0.3 is 0 Å². The predicted molar refractivity (Wildman–Crippen MR) is 56.2 cm³/mol. The molecule has 0 saturated heterocycles. The van der Waals surface area contributed by atoms with E-state index in [4.69, 9.17) is 11.6 Å². The van der Waals surface area contributed by atoms with Crippen LogP contribution in [0.1, 0.15) is 25.0 Å². The van der Waals surface area contributed by atoms with Crippen molar-refractivity contribution in [3.8, 4) is 0 Å². The Bertz CT molecular complexity index is 299. The Hall–Kier alpha value is -0.530. The topological polar surface area (TPSA) is 20.2 Å². The third kappa shape index (κ3) is 3.37. The van der Waals surface area contributed by atoms with Crippen molar-refractivity contribution in [1.82, 2.24) is 0 Å². The van der Waals surface area contributed by atoms with E-state index in [-0.39, 0.29) is 0 Å². The van der Waals surface area contributed by atoms with E-state index in [1.807, 2.05) is 25.1 Å². The molecule has 0 saturated carbocycles. The molecule has 0 fully saturated rings. The number of halogens is 1. The molecule has 0 atom stereocenters. The maximum atomic E-state index is 9.63. The van der Waals surface area contributed by atoms with Gasteiger partial charge in [0, 0.05) is 11.4 Å². The van der Waals surface area contributed by atoms with Crippen molar-refractivity contribution in [2.45, 2.75) is 32.8 Å². The second-order valence-corrected chi connectivity index (χ2v) is 4.50. The first kappa shape index (κ1) is 10.6. The summed E-state index contributed by atoms with van der Waals surface area (Å²) in [6.07, 6.45) is 0.663. The van der Waals surface area contributed by atoms with Crippen LogP contribution in [0.4, 0.5) is 0 Å². The highest BCUT2D eigenvalue weighted by Crippen LogP contribution is 2.19. The van der Waals surface area contributed by atoms with Crippen LogP contribution in [0.3, 0.4) is 0 Å². The van der Waals surface area contributed by atoms with E-state index in [9.17, 15) is 5.11 Å². The van der Waals surface area contributed by atoms with E-state index in [0.717, 1.165) is 16.1 Å². The van der Waals surface area contributed by atoms with Gasteiger partial charge in [-0.05, 0) is 44.0 Å². The lowest BCUT2D eigenvalue weighted by Crippen LogP contribution is -2.22. The summed E-state index contributed by atoms with van der Waals surface area (Å²) < 4.78 is 0. The molecule has 0 bridgehead atoms. The maximum Gasteiger partial charge on any atom is 0.0632 e. The van der Waals surface area contributed by atoms with Crippen molar-refractivity contribution in [1.29, 1.82) is 0 Å². The monoisotopic (exact) mass is 198 g/mol. The molecular weight excluding hydrogens is 184 g/mol. The highest BCUT2D eigenvalue weighted by Gasteiger charge is 2.14. The zero-order valence-corrected chi connectivity index (χ0v) is 9.02. The van der Waals surface area contributed by atoms with Gasteiger partial charge in [-0.2, -0.15) is 0 Å². The first-order valence-corrected chi connectivity index (χ1v) is 4.74. The molecule has 2 heteroatoms. The second-order valence-electron chi connectivity index (χ2n) is 4.06. The van der Waals surface area contributed by atoms with E-state index in [1.54, 1.807) is 13.8 Å². The Morgan fingerprint density at radius 2 is 2.00 bits per heavy atom. The van der Waals surface area contributed by atoms with Crippen LogP contribution in [-0.4, -0.2) is 10.7 Å². The Morgan fingerprint density at radius 1 is 1.38 bits per heavy atom. The lowest BCUT2D eigenvalue weighted by molar-refractivity contribution is 0.0808. The average molecular weight is 199 g/mol. The number of rotatable bonds is 2. The summed E-state index contributed by atoms with van der Waals surface area (Å²) in [4.78, 5) is 0. The van der Waals surface area contributed by atoms with Crippen LogP contribution in [0.2, 0.25) is 5.02 Å². The van der Waals surface area contributed by atoms with Crippen molar-refractivity contribution in [2.75, 3.05) is 0 Å². The van der Waals surface area contributed by atoms with Crippen LogP contribution in [0, 0.1) is 6.92 Å². The van der Waals surface area contributed by atoms with Gasteiger partial charge in [0.2, 0.25) is 0 Å². The Labute approximate surface area is 84.4 Å². The summed E-state index contributed by atoms with van der Waals surface area (Å²) in [6.45, 7) is 5.62. The minimum Gasteiger partial charge on any atom is -0.390 e. The van der Waals surface area contributed by atoms with Crippen LogP contribution < -0.4 is 0 Å². The lowest BCUT2D eigenvalue weighted by Gasteiger charge is -2.18. The van der Waals surface area contributed by atoms with Crippen LogP contribution in [0.15, 0.2) is 18.2 Å². The molecule has 0 radical (unpaired) electrons. The van der Waals surface area contributed by atoms with Crippen LogP contribution >= 0.6 is 11.6 Å². The van der Waals surface area contributed by atoms with Gasteiger partial charge in [0.1, 0.15) is 0 Å². The van der Waals surface area contributed by atoms with Crippen molar-refractivity contribution in [3.05, 3.63) is 34.3 Å². The molecule has 0 unspecified atom stereocenters. The van der Waals surface area contributed by atoms with Gasteiger partial charge in [0.15, 0.2) is 0 Å². The quantitative estimate of drug-likeness (QED) is 0.775. The minimum atomic E-state index is -0.654. The molecule has 0 aliphatic rings. The van der Waals surface area contributed by atoms with Crippen molar-refractivity contribution < 1.29 is 5.11 Å². The highest BCUT2D eigenvalue weighted by molar-refractivity contribution is 6.30. The fraction of sp³-hybridized carbons (Fsp3) is 0.455. The molecule has 1 rings (SSSR count). The van der Waals surface area contributed by atoms with Crippen LogP contribution in [0.5, 0.6) is 0 Å². The van der Waals surface area contributed by atoms with Gasteiger partial charge in [-0.25, -0.2) is 0 Å². The maximum absolute atomic E-state index is 9.63. The lowest BCUT2D eigenvalue weighted by atomic mass is 9.95. The molecule has 0 spiro atoms. The molecule has 1 aromatic carbocycles. The molecule has 0 heterocycles. The normalized spacial score (nSPS) is 11.8. The smallest absolute Gasteiger partial charge is 0.0632 e. The van der Waals surface area contributed by atoms with Gasteiger partial charge in [0.25, 0.3) is 0 Å². The molecule has 1 N–H and O–H groups in total. The third-order valence-electron chi connectivity index (χ3n) is 1.93. The number of aryl methyl sites for hydroxylation is 1. The fourth-order valence-electron chi connectivity index (χ4n) is 1.32. The van der Waals surface area contributed by atoms with Gasteiger partial charge in [-0.15, -0.1) is 0 Å². The van der Waals surface area contributed by atoms with E-state index in [0.29, 0.717) is 6.42 Å². The summed E-state index contributed by atoms with van der Waals surface area (Å²) in [7, 11) is 0. The summed E-state index contributed by atoms with van der Waals surface area (Å²) >= 11 is 5.83. The molecular formula is C11H15ClO. The number of aliphatic hydroxyl groups is 1. The van der Waals surface area contributed by atoms with Gasteiger partial charge in [-0.1, -0.05) is 17.7 Å². The Balaban J connectivity index is 2.90. The Morgan fingerprint density at radius 3 is 2.46 bits per heavy atom. The third-order valence-corrected chi connectivity index (χ3v) is 2.16. The fourth-order valence-corrected chi connectivity index (χ4v) is 1.55. The zero-order valence-electron chi connectivity index (χ0n) is 8.26. The SMILES string of the molecule is Cc1cc(Cl)ccc1CC(C)(C)O. The molecule has 1 aromatic rings. The molecule has 13 heavy (non-hydrogen) atoms. The summed E-state index contributed by atoms with van der Waals surface area (Å²) in [6, 6.07) is 5.74. The Kier molecular flexibility index (Phi) is 2.99. The van der Waals surface area contributed by atoms with E-state index in [2.05, 4.69) is 0 Å². The molecule has 0 aliphatic heterocycles. The minimum absolute atomic E-state index is 0.654. The van der Waals surface area contributed by atoms with Gasteiger partial charge in [0.05, 0.1) is 5.60 Å². The standard InChI is InChI=1S/C11H15ClO/c1-8-6-10(12)5-4-9(8)7-11(2,3)13/h4-6,13H,7H2,1-3H3. The summed E-state index contributed by atoms with van der Waals surface area (Å²) in [5.41, 5.74) is 1.63. The average Bonchev–Trinajstić information content (AvgIpc) is 1.93. The van der Waals surface area contributed by atoms with Gasteiger partial charge in [-0.3, -0.25) is 0 Å². The first-order chi connectivity index (χ1) is 5.88. The molecule has 0 aliphatic carbocycles. The second kappa shape index (κ2) is 3.69. The highest BCUT2D eigenvalue weighted by atomic mass is 35.5. The van der Waals surface area contributed by atoms with E-state index in [1.165, 1.54) is 0 Å². The summed E-state index contributed by atoms with van der Waals surface area (Å²) in [5.74, 6) is 0. The first-order valence-electron chi connectivity index (χ1n) is 4.36. The predicted octanol–water partition coefficient (Wildman–Crippen LogP) is 2.96. The van der Waals surface area contributed by atoms with Crippen LogP contribution in [-0.2, 0) is 6.42 Å². The van der Waals surface area contributed by atoms with E-state index < -0.39 is 5.60 Å². The molecule has 1 nitrogen and oxygen atoms in total. The van der Waals surface area contributed by atoms with Crippen molar-refractivity contribution in [2.24, 2.45) is 0 Å². The van der Waals surface area contributed by atoms with E-state index >= 15 is 0 Å². The number of hydrogen-bond acceptors (Lipinski definition) is 1. The molecule has 0 aromatic heterocycles. The number of benzene rings is 1. The molecule has 72 valence electrons. The largest absolute Gasteiger partial charge is 0.390 e.